The molecule has 0 saturated heterocycles. The van der Waals surface area contributed by atoms with Crippen LogP contribution in [0.2, 0.25) is 0 Å². The number of hydrogen-bond donors (Lipinski definition) is 3. The minimum Gasteiger partial charge on any atom is -0.493 e. The predicted molar refractivity (Wildman–Crippen MR) is 118 cm³/mol. The average Bonchev–Trinajstić information content (AvgIpc) is 2.69. The third-order valence-electron chi connectivity index (χ3n) is 4.02. The van der Waals surface area contributed by atoms with E-state index in [2.05, 4.69) is 20.9 Å². The molecule has 2 aromatic carbocycles. The number of nitrogens with one attached hydrogen (secondary N) is 3. The summed E-state index contributed by atoms with van der Waals surface area (Å²) in [5.41, 5.74) is 2.82. The Balaban J connectivity index is 2.00. The Morgan fingerprint density at radius 2 is 1.72 bits per heavy atom. The molecule has 0 atom stereocenters. The van der Waals surface area contributed by atoms with Gasteiger partial charge in [-0.25, -0.2) is 0 Å². The van der Waals surface area contributed by atoms with Crippen molar-refractivity contribution in [3.63, 3.8) is 0 Å². The molecule has 0 spiro atoms. The third kappa shape index (κ3) is 7.37. The summed E-state index contributed by atoms with van der Waals surface area (Å²) in [7, 11) is 1.62. The fraction of sp³-hybridized carbons (Fsp3) is 0.364. The van der Waals surface area contributed by atoms with Crippen LogP contribution in [0.1, 0.15) is 26.3 Å². The number of carbonyl (C=O) groups excluding carboxylic acids is 1. The summed E-state index contributed by atoms with van der Waals surface area (Å²) in [6, 6.07) is 13.5. The van der Waals surface area contributed by atoms with Gasteiger partial charge in [0.05, 0.1) is 13.7 Å². The van der Waals surface area contributed by atoms with Crippen LogP contribution in [0.5, 0.6) is 11.5 Å². The maximum absolute atomic E-state index is 11.1. The Labute approximate surface area is 172 Å². The highest BCUT2D eigenvalue weighted by Crippen LogP contribution is 2.30. The first-order valence-corrected chi connectivity index (χ1v) is 9.78. The monoisotopic (exact) mass is 398 g/mol. The number of benzene rings is 2. The van der Waals surface area contributed by atoms with E-state index in [1.54, 1.807) is 7.11 Å². The molecule has 0 fully saturated rings. The molecule has 0 saturated carbocycles. The first-order valence-electron chi connectivity index (χ1n) is 9.78. The molecule has 7 heteroatoms. The van der Waals surface area contributed by atoms with Crippen molar-refractivity contribution < 1.29 is 14.3 Å². The van der Waals surface area contributed by atoms with Crippen LogP contribution in [0.15, 0.2) is 47.5 Å². The molecular formula is C22H30N4O3. The second kappa shape index (κ2) is 11.6. The van der Waals surface area contributed by atoms with Crippen molar-refractivity contribution in [1.82, 2.24) is 5.32 Å². The van der Waals surface area contributed by atoms with Crippen LogP contribution >= 0.6 is 0 Å². The highest BCUT2D eigenvalue weighted by molar-refractivity contribution is 5.94. The van der Waals surface area contributed by atoms with Gasteiger partial charge in [0.2, 0.25) is 5.91 Å². The molecule has 0 bridgehead atoms. The van der Waals surface area contributed by atoms with Crippen molar-refractivity contribution in [2.75, 3.05) is 37.4 Å². The van der Waals surface area contributed by atoms with Gasteiger partial charge in [0.25, 0.3) is 0 Å². The van der Waals surface area contributed by atoms with Crippen LogP contribution in [0.4, 0.5) is 11.4 Å². The van der Waals surface area contributed by atoms with Gasteiger partial charge in [0.15, 0.2) is 17.5 Å². The Morgan fingerprint density at radius 1 is 1.00 bits per heavy atom. The van der Waals surface area contributed by atoms with Gasteiger partial charge in [-0.1, -0.05) is 12.1 Å². The summed E-state index contributed by atoms with van der Waals surface area (Å²) in [4.78, 5) is 15.7. The topological polar surface area (TPSA) is 84.0 Å². The molecule has 0 aliphatic rings. The zero-order valence-corrected chi connectivity index (χ0v) is 17.5. The van der Waals surface area contributed by atoms with Gasteiger partial charge in [-0.05, 0) is 50.1 Å². The summed E-state index contributed by atoms with van der Waals surface area (Å²) in [6.45, 7) is 7.41. The number of ether oxygens (including phenoxy) is 2. The molecule has 1 amide bonds. The van der Waals surface area contributed by atoms with Crippen LogP contribution in [0, 0.1) is 0 Å². The molecule has 29 heavy (non-hydrogen) atoms. The lowest BCUT2D eigenvalue weighted by molar-refractivity contribution is -0.114. The fourth-order valence-electron chi connectivity index (χ4n) is 2.72. The van der Waals surface area contributed by atoms with Gasteiger partial charge in [0, 0.05) is 37.5 Å². The number of carbonyl (C=O) groups is 1. The number of hydrogen-bond acceptors (Lipinski definition) is 4. The van der Waals surface area contributed by atoms with E-state index < -0.39 is 0 Å². The molecule has 7 nitrogen and oxygen atoms in total. The van der Waals surface area contributed by atoms with Gasteiger partial charge in [-0.2, -0.15) is 0 Å². The number of nitrogens with zero attached hydrogens (tertiary/aromatic N) is 1. The van der Waals surface area contributed by atoms with Crippen molar-refractivity contribution in [3.05, 3.63) is 48.0 Å². The molecule has 156 valence electrons. The molecule has 0 aliphatic carbocycles. The molecule has 0 radical (unpaired) electrons. The van der Waals surface area contributed by atoms with Gasteiger partial charge < -0.3 is 25.4 Å². The van der Waals surface area contributed by atoms with E-state index >= 15 is 0 Å². The first-order chi connectivity index (χ1) is 14.0. The minimum absolute atomic E-state index is 0.0743. The minimum atomic E-state index is -0.0743. The summed E-state index contributed by atoms with van der Waals surface area (Å²) >= 11 is 0. The van der Waals surface area contributed by atoms with E-state index in [1.807, 2.05) is 56.3 Å². The quantitative estimate of drug-likeness (QED) is 0.443. The smallest absolute Gasteiger partial charge is 0.221 e. The van der Waals surface area contributed by atoms with E-state index in [4.69, 9.17) is 9.47 Å². The van der Waals surface area contributed by atoms with Gasteiger partial charge in [-0.3, -0.25) is 9.79 Å². The molecule has 2 rings (SSSR count). The molecule has 3 N–H and O–H groups in total. The number of aliphatic imine (C=N–C) groups is 1. The van der Waals surface area contributed by atoms with Gasteiger partial charge in [0.1, 0.15) is 0 Å². The highest BCUT2D eigenvalue weighted by atomic mass is 16.5. The predicted octanol–water partition coefficient (Wildman–Crippen LogP) is 3.67. The second-order valence-corrected chi connectivity index (χ2v) is 6.31. The number of rotatable bonds is 9. The SMILES string of the molecule is CCNC(=NCCc1ccc(NC(C)=O)cc1)Nc1ccc(OC)c(OCC)c1. The van der Waals surface area contributed by atoms with Crippen molar-refractivity contribution >= 4 is 23.2 Å². The lowest BCUT2D eigenvalue weighted by atomic mass is 10.1. The summed E-state index contributed by atoms with van der Waals surface area (Å²) in [6.07, 6.45) is 0.795. The van der Waals surface area contributed by atoms with E-state index in [0.717, 1.165) is 29.9 Å². The van der Waals surface area contributed by atoms with Crippen molar-refractivity contribution in [1.29, 1.82) is 0 Å². The maximum Gasteiger partial charge on any atom is 0.221 e. The Morgan fingerprint density at radius 3 is 2.34 bits per heavy atom. The Hall–Kier alpha value is -3.22. The van der Waals surface area contributed by atoms with Gasteiger partial charge in [-0.15, -0.1) is 0 Å². The average molecular weight is 399 g/mol. The first kappa shape index (κ1) is 22.1. The number of guanidine groups is 1. The van der Waals surface area contributed by atoms with Crippen LogP contribution in [-0.2, 0) is 11.2 Å². The Bertz CT molecular complexity index is 819. The van der Waals surface area contributed by atoms with Crippen LogP contribution < -0.4 is 25.4 Å². The molecule has 0 heterocycles. The normalized spacial score (nSPS) is 11.0. The summed E-state index contributed by atoms with van der Waals surface area (Å²) in [5, 5.41) is 9.32. The standard InChI is InChI=1S/C22H30N4O3/c1-5-23-22(26-19-11-12-20(28-4)21(15-19)29-6-2)24-14-13-17-7-9-18(10-8-17)25-16(3)27/h7-12,15H,5-6,13-14H2,1-4H3,(H,25,27)(H2,23,24,26). The largest absolute Gasteiger partial charge is 0.493 e. The molecular weight excluding hydrogens is 368 g/mol. The van der Waals surface area contributed by atoms with Crippen LogP contribution in [0.3, 0.4) is 0 Å². The molecule has 2 aromatic rings. The highest BCUT2D eigenvalue weighted by Gasteiger charge is 2.07. The van der Waals surface area contributed by atoms with E-state index in [1.165, 1.54) is 6.92 Å². The number of methoxy groups -OCH3 is 1. The summed E-state index contributed by atoms with van der Waals surface area (Å²) < 4.78 is 11.0. The van der Waals surface area contributed by atoms with E-state index in [0.29, 0.717) is 30.6 Å². The molecule has 0 aromatic heterocycles. The van der Waals surface area contributed by atoms with E-state index in [-0.39, 0.29) is 5.91 Å². The lowest BCUT2D eigenvalue weighted by Crippen LogP contribution is -2.30. The maximum atomic E-state index is 11.1. The second-order valence-electron chi connectivity index (χ2n) is 6.31. The van der Waals surface area contributed by atoms with E-state index in [9.17, 15) is 4.79 Å². The third-order valence-corrected chi connectivity index (χ3v) is 4.02. The van der Waals surface area contributed by atoms with Gasteiger partial charge >= 0.3 is 0 Å². The molecule has 0 unspecified atom stereocenters. The van der Waals surface area contributed by atoms with Crippen molar-refractivity contribution in [2.45, 2.75) is 27.2 Å². The van der Waals surface area contributed by atoms with Crippen LogP contribution in [0.25, 0.3) is 0 Å². The van der Waals surface area contributed by atoms with Crippen molar-refractivity contribution in [2.24, 2.45) is 4.99 Å². The zero-order chi connectivity index (χ0) is 21.1. The zero-order valence-electron chi connectivity index (χ0n) is 17.5. The fourth-order valence-corrected chi connectivity index (χ4v) is 2.72. The van der Waals surface area contributed by atoms with Crippen LogP contribution in [-0.4, -0.2) is 38.7 Å². The molecule has 0 aliphatic heterocycles. The lowest BCUT2D eigenvalue weighted by Gasteiger charge is -2.14. The Kier molecular flexibility index (Phi) is 8.82. The summed E-state index contributed by atoms with van der Waals surface area (Å²) in [5.74, 6) is 2.02. The number of anilines is 2. The number of amides is 1. The van der Waals surface area contributed by atoms with Crippen molar-refractivity contribution in [3.8, 4) is 11.5 Å².